The highest BCUT2D eigenvalue weighted by molar-refractivity contribution is 5.93. The van der Waals surface area contributed by atoms with Gasteiger partial charge in [-0.15, -0.1) is 0 Å². The number of carbonyl (C=O) groups is 1. The maximum Gasteiger partial charge on any atom is 0.339 e. The third-order valence-corrected chi connectivity index (χ3v) is 2.22. The minimum Gasteiger partial charge on any atom is -0.493 e. The minimum absolute atomic E-state index is 0.0537. The van der Waals surface area contributed by atoms with Crippen molar-refractivity contribution >= 4 is 5.97 Å². The Balaban J connectivity index is 3.60. The van der Waals surface area contributed by atoms with Crippen molar-refractivity contribution in [1.82, 2.24) is 0 Å². The lowest BCUT2D eigenvalue weighted by atomic mass is 10.1. The van der Waals surface area contributed by atoms with E-state index in [2.05, 4.69) is 0 Å². The first kappa shape index (κ1) is 13.0. The van der Waals surface area contributed by atoms with E-state index in [1.165, 1.54) is 34.5 Å². The predicted octanol–water partition coefficient (Wildman–Crippen LogP) is 1.42. The number of aromatic carboxylic acids is 1. The van der Waals surface area contributed by atoms with Gasteiger partial charge in [0.25, 0.3) is 0 Å². The zero-order valence-electron chi connectivity index (χ0n) is 10.1. The molecule has 94 valence electrons. The van der Waals surface area contributed by atoms with E-state index in [-0.39, 0.29) is 28.6 Å². The molecule has 0 aliphatic heterocycles. The highest BCUT2D eigenvalue weighted by atomic mass is 16.5. The molecular weight excluding hydrogens is 228 g/mol. The van der Waals surface area contributed by atoms with Crippen molar-refractivity contribution in [3.05, 3.63) is 11.6 Å². The second-order valence-electron chi connectivity index (χ2n) is 3.03. The van der Waals surface area contributed by atoms with Crippen LogP contribution in [0.3, 0.4) is 0 Å². The summed E-state index contributed by atoms with van der Waals surface area (Å²) in [6, 6.07) is 1.32. The monoisotopic (exact) mass is 242 g/mol. The average Bonchev–Trinajstić information content (AvgIpc) is 2.35. The summed E-state index contributed by atoms with van der Waals surface area (Å²) in [4.78, 5) is 11.1. The molecule has 1 N–H and O–H groups in total. The fourth-order valence-corrected chi connectivity index (χ4v) is 1.49. The van der Waals surface area contributed by atoms with Crippen molar-refractivity contribution in [2.75, 3.05) is 28.4 Å². The van der Waals surface area contributed by atoms with Crippen LogP contribution < -0.4 is 18.9 Å². The van der Waals surface area contributed by atoms with Gasteiger partial charge in [0.15, 0.2) is 11.5 Å². The summed E-state index contributed by atoms with van der Waals surface area (Å²) in [5, 5.41) is 9.07. The smallest absolute Gasteiger partial charge is 0.339 e. The Labute approximate surface area is 98.7 Å². The van der Waals surface area contributed by atoms with Gasteiger partial charge < -0.3 is 24.1 Å². The number of benzene rings is 1. The number of hydrogen-bond donors (Lipinski definition) is 1. The Bertz CT molecular complexity index is 426. The zero-order chi connectivity index (χ0) is 13.0. The van der Waals surface area contributed by atoms with E-state index < -0.39 is 5.97 Å². The molecule has 0 saturated carbocycles. The van der Waals surface area contributed by atoms with Gasteiger partial charge in [-0.2, -0.15) is 0 Å². The van der Waals surface area contributed by atoms with E-state index in [9.17, 15) is 4.79 Å². The van der Waals surface area contributed by atoms with Crippen LogP contribution in [0.2, 0.25) is 0 Å². The largest absolute Gasteiger partial charge is 0.493 e. The first-order valence-electron chi connectivity index (χ1n) is 4.70. The van der Waals surface area contributed by atoms with Gasteiger partial charge in [0.1, 0.15) is 5.56 Å². The maximum absolute atomic E-state index is 11.1. The van der Waals surface area contributed by atoms with Crippen molar-refractivity contribution in [1.29, 1.82) is 0 Å². The van der Waals surface area contributed by atoms with Crippen molar-refractivity contribution < 1.29 is 28.8 Å². The summed E-state index contributed by atoms with van der Waals surface area (Å²) in [6.07, 6.45) is 0. The fourth-order valence-electron chi connectivity index (χ4n) is 1.49. The van der Waals surface area contributed by atoms with Gasteiger partial charge in [-0.3, -0.25) is 0 Å². The summed E-state index contributed by atoms with van der Waals surface area (Å²) in [6.45, 7) is 0. The lowest BCUT2D eigenvalue weighted by Gasteiger charge is -2.16. The van der Waals surface area contributed by atoms with Crippen LogP contribution in [-0.4, -0.2) is 39.5 Å². The van der Waals surface area contributed by atoms with Crippen LogP contribution in [0.5, 0.6) is 23.0 Å². The topological polar surface area (TPSA) is 74.2 Å². The van der Waals surface area contributed by atoms with Gasteiger partial charge in [-0.25, -0.2) is 4.79 Å². The normalized spacial score (nSPS) is 9.65. The van der Waals surface area contributed by atoms with Crippen LogP contribution in [0.4, 0.5) is 0 Å². The molecule has 1 aromatic carbocycles. The highest BCUT2D eigenvalue weighted by Crippen LogP contribution is 2.46. The minimum atomic E-state index is -1.14. The van der Waals surface area contributed by atoms with E-state index >= 15 is 0 Å². The quantitative estimate of drug-likeness (QED) is 0.841. The average molecular weight is 242 g/mol. The Morgan fingerprint density at radius 1 is 0.941 bits per heavy atom. The van der Waals surface area contributed by atoms with Gasteiger partial charge in [0.2, 0.25) is 11.5 Å². The molecule has 0 radical (unpaired) electrons. The highest BCUT2D eigenvalue weighted by Gasteiger charge is 2.24. The molecule has 0 aliphatic rings. The molecular formula is C11H14O6. The molecule has 17 heavy (non-hydrogen) atoms. The lowest BCUT2D eigenvalue weighted by Crippen LogP contribution is -2.05. The maximum atomic E-state index is 11.1. The summed E-state index contributed by atoms with van der Waals surface area (Å²) in [5.74, 6) is -0.301. The molecule has 0 aliphatic carbocycles. The summed E-state index contributed by atoms with van der Waals surface area (Å²) in [7, 11) is 5.59. The predicted molar refractivity (Wildman–Crippen MR) is 59.6 cm³/mol. The van der Waals surface area contributed by atoms with Gasteiger partial charge in [-0.1, -0.05) is 0 Å². The van der Waals surface area contributed by atoms with Crippen molar-refractivity contribution in [2.45, 2.75) is 0 Å². The summed E-state index contributed by atoms with van der Waals surface area (Å²) in [5.41, 5.74) is -0.0537. The second kappa shape index (κ2) is 5.29. The third kappa shape index (κ3) is 2.20. The van der Waals surface area contributed by atoms with E-state index in [4.69, 9.17) is 24.1 Å². The molecule has 0 heterocycles. The number of hydrogen-bond acceptors (Lipinski definition) is 5. The molecule has 6 heteroatoms. The Kier molecular flexibility index (Phi) is 4.03. The molecule has 0 spiro atoms. The van der Waals surface area contributed by atoms with Gasteiger partial charge in [-0.05, 0) is 0 Å². The number of rotatable bonds is 5. The Hall–Kier alpha value is -2.11. The van der Waals surface area contributed by atoms with Crippen LogP contribution in [-0.2, 0) is 0 Å². The molecule has 0 bridgehead atoms. The molecule has 6 nitrogen and oxygen atoms in total. The van der Waals surface area contributed by atoms with E-state index in [1.807, 2.05) is 0 Å². The lowest BCUT2D eigenvalue weighted by molar-refractivity contribution is 0.0692. The molecule has 0 aromatic heterocycles. The molecule has 0 amide bonds. The molecule has 0 atom stereocenters. The van der Waals surface area contributed by atoms with Crippen molar-refractivity contribution in [2.24, 2.45) is 0 Å². The van der Waals surface area contributed by atoms with Gasteiger partial charge in [0, 0.05) is 6.07 Å². The van der Waals surface area contributed by atoms with Crippen LogP contribution in [0.1, 0.15) is 10.4 Å². The molecule has 0 saturated heterocycles. The standard InChI is InChI=1S/C11H14O6/c1-14-7-5-6(11(12)13)8(15-2)10(17-4)9(7)16-3/h5H,1-4H3,(H,12,13). The van der Waals surface area contributed by atoms with Crippen molar-refractivity contribution in [3.63, 3.8) is 0 Å². The first-order chi connectivity index (χ1) is 8.10. The number of carboxylic acid groups (broad SMARTS) is 1. The summed E-state index contributed by atoms with van der Waals surface area (Å²) >= 11 is 0. The Morgan fingerprint density at radius 3 is 1.82 bits per heavy atom. The van der Waals surface area contributed by atoms with E-state index in [0.29, 0.717) is 0 Å². The third-order valence-electron chi connectivity index (χ3n) is 2.22. The van der Waals surface area contributed by atoms with Crippen molar-refractivity contribution in [3.8, 4) is 23.0 Å². The van der Waals surface area contributed by atoms with Crippen LogP contribution in [0, 0.1) is 0 Å². The summed E-state index contributed by atoms with van der Waals surface area (Å²) < 4.78 is 20.3. The molecule has 0 fully saturated rings. The van der Waals surface area contributed by atoms with E-state index in [1.54, 1.807) is 0 Å². The Morgan fingerprint density at radius 2 is 1.47 bits per heavy atom. The number of carboxylic acids is 1. The second-order valence-corrected chi connectivity index (χ2v) is 3.03. The molecule has 0 unspecified atom stereocenters. The van der Waals surface area contributed by atoms with E-state index in [0.717, 1.165) is 0 Å². The first-order valence-corrected chi connectivity index (χ1v) is 4.70. The van der Waals surface area contributed by atoms with Gasteiger partial charge in [0.05, 0.1) is 28.4 Å². The zero-order valence-corrected chi connectivity index (χ0v) is 10.1. The van der Waals surface area contributed by atoms with Gasteiger partial charge >= 0.3 is 5.97 Å². The fraction of sp³-hybridized carbons (Fsp3) is 0.364. The molecule has 1 aromatic rings. The number of methoxy groups -OCH3 is 4. The van der Waals surface area contributed by atoms with Crippen LogP contribution >= 0.6 is 0 Å². The molecule has 1 rings (SSSR count). The van der Waals surface area contributed by atoms with Crippen LogP contribution in [0.15, 0.2) is 6.07 Å². The number of ether oxygens (including phenoxy) is 4. The van der Waals surface area contributed by atoms with Crippen LogP contribution in [0.25, 0.3) is 0 Å². The SMILES string of the molecule is COc1cc(C(=O)O)c(OC)c(OC)c1OC.